The van der Waals surface area contributed by atoms with Crippen LogP contribution in [0.1, 0.15) is 0 Å². The van der Waals surface area contributed by atoms with Crippen LogP contribution in [0.25, 0.3) is 22.0 Å². The predicted octanol–water partition coefficient (Wildman–Crippen LogP) is 4.98. The molecule has 0 saturated heterocycles. The number of nitrogens with zero attached hydrogens (tertiary/aromatic N) is 2. The first kappa shape index (κ1) is 13.7. The highest BCUT2D eigenvalue weighted by molar-refractivity contribution is 9.11. The van der Waals surface area contributed by atoms with Gasteiger partial charge in [0.2, 0.25) is 0 Å². The van der Waals surface area contributed by atoms with Crippen molar-refractivity contribution in [2.45, 2.75) is 0 Å². The van der Waals surface area contributed by atoms with E-state index >= 15 is 0 Å². The zero-order chi connectivity index (χ0) is 14.1. The minimum Gasteiger partial charge on any atom is -0.383 e. The molecule has 0 unspecified atom stereocenters. The van der Waals surface area contributed by atoms with Crippen LogP contribution in [-0.2, 0) is 0 Å². The molecule has 0 aliphatic carbocycles. The van der Waals surface area contributed by atoms with E-state index in [0.29, 0.717) is 11.6 Å². The molecule has 100 valence electrons. The standard InChI is InChI=1S/C14H9Br2N3S/c15-10-7-6-9(20-10)14-18-12(11(16)13(17)19-14)8-4-2-1-3-5-8/h1-7H,(H2,17,18,19). The molecule has 2 N–H and O–H groups in total. The van der Waals surface area contributed by atoms with Crippen LogP contribution < -0.4 is 5.73 Å². The lowest BCUT2D eigenvalue weighted by Gasteiger charge is -2.08. The van der Waals surface area contributed by atoms with Crippen molar-refractivity contribution < 1.29 is 0 Å². The first-order valence-electron chi connectivity index (χ1n) is 5.79. The number of rotatable bonds is 2. The molecule has 1 aromatic carbocycles. The van der Waals surface area contributed by atoms with E-state index in [1.807, 2.05) is 42.5 Å². The van der Waals surface area contributed by atoms with Crippen LogP contribution in [0, 0.1) is 0 Å². The van der Waals surface area contributed by atoms with Crippen molar-refractivity contribution in [2.75, 3.05) is 5.73 Å². The van der Waals surface area contributed by atoms with Gasteiger partial charge in [0.15, 0.2) is 5.82 Å². The molecule has 0 aliphatic heterocycles. The van der Waals surface area contributed by atoms with Gasteiger partial charge in [-0.15, -0.1) is 11.3 Å². The summed E-state index contributed by atoms with van der Waals surface area (Å²) in [4.78, 5) is 9.97. The van der Waals surface area contributed by atoms with E-state index in [0.717, 1.165) is 24.4 Å². The van der Waals surface area contributed by atoms with Crippen LogP contribution in [0.5, 0.6) is 0 Å². The average Bonchev–Trinajstić information content (AvgIpc) is 2.89. The van der Waals surface area contributed by atoms with Gasteiger partial charge in [-0.3, -0.25) is 0 Å². The second kappa shape index (κ2) is 5.63. The molecular weight excluding hydrogens is 402 g/mol. The van der Waals surface area contributed by atoms with Crippen LogP contribution >= 0.6 is 43.2 Å². The molecule has 0 amide bonds. The quantitative estimate of drug-likeness (QED) is 0.648. The average molecular weight is 411 g/mol. The zero-order valence-electron chi connectivity index (χ0n) is 10.2. The van der Waals surface area contributed by atoms with Crippen molar-refractivity contribution in [3.05, 3.63) is 50.7 Å². The minimum atomic E-state index is 0.443. The second-order valence-corrected chi connectivity index (χ2v) is 7.32. The molecule has 0 saturated carbocycles. The van der Waals surface area contributed by atoms with E-state index in [2.05, 4.69) is 41.8 Å². The maximum atomic E-state index is 6.00. The van der Waals surface area contributed by atoms with Crippen LogP contribution in [-0.4, -0.2) is 9.97 Å². The van der Waals surface area contributed by atoms with Crippen molar-refractivity contribution in [3.63, 3.8) is 0 Å². The summed E-state index contributed by atoms with van der Waals surface area (Å²) in [6.45, 7) is 0. The number of halogens is 2. The largest absolute Gasteiger partial charge is 0.383 e. The molecule has 0 radical (unpaired) electrons. The number of nitrogens with two attached hydrogens (primary N) is 1. The lowest BCUT2D eigenvalue weighted by Crippen LogP contribution is -1.99. The van der Waals surface area contributed by atoms with E-state index in [1.165, 1.54) is 0 Å². The Labute approximate surface area is 137 Å². The number of nitrogen functional groups attached to an aromatic ring is 1. The first-order chi connectivity index (χ1) is 9.65. The Kier molecular flexibility index (Phi) is 3.87. The van der Waals surface area contributed by atoms with Crippen LogP contribution in [0.4, 0.5) is 5.82 Å². The number of aromatic nitrogens is 2. The monoisotopic (exact) mass is 409 g/mol. The molecule has 2 heterocycles. The van der Waals surface area contributed by atoms with Crippen molar-refractivity contribution in [2.24, 2.45) is 0 Å². The van der Waals surface area contributed by atoms with Gasteiger partial charge in [-0.25, -0.2) is 9.97 Å². The first-order valence-corrected chi connectivity index (χ1v) is 8.19. The van der Waals surface area contributed by atoms with E-state index in [1.54, 1.807) is 11.3 Å². The molecule has 20 heavy (non-hydrogen) atoms. The number of hydrogen-bond acceptors (Lipinski definition) is 4. The lowest BCUT2D eigenvalue weighted by molar-refractivity contribution is 1.18. The highest BCUT2D eigenvalue weighted by Crippen LogP contribution is 2.35. The minimum absolute atomic E-state index is 0.443. The van der Waals surface area contributed by atoms with Gasteiger partial charge in [0.1, 0.15) is 5.82 Å². The van der Waals surface area contributed by atoms with Gasteiger partial charge in [0, 0.05) is 5.56 Å². The summed E-state index contributed by atoms with van der Waals surface area (Å²) in [5, 5.41) is 0. The summed E-state index contributed by atoms with van der Waals surface area (Å²) in [7, 11) is 0. The summed E-state index contributed by atoms with van der Waals surface area (Å²) >= 11 is 8.50. The molecule has 0 fully saturated rings. The zero-order valence-corrected chi connectivity index (χ0v) is 14.2. The Balaban J connectivity index is 2.18. The summed E-state index contributed by atoms with van der Waals surface area (Å²) in [5.74, 6) is 1.08. The molecule has 3 aromatic rings. The Bertz CT molecular complexity index is 756. The third-order valence-corrected chi connectivity index (χ3v) is 5.12. The topological polar surface area (TPSA) is 51.8 Å². The van der Waals surface area contributed by atoms with E-state index in [-0.39, 0.29) is 0 Å². The van der Waals surface area contributed by atoms with Crippen molar-refractivity contribution in [1.29, 1.82) is 0 Å². The summed E-state index contributed by atoms with van der Waals surface area (Å²) in [6, 6.07) is 13.9. The molecule has 6 heteroatoms. The Morgan fingerprint density at radius 3 is 2.35 bits per heavy atom. The third-order valence-electron chi connectivity index (χ3n) is 2.72. The van der Waals surface area contributed by atoms with Crippen molar-refractivity contribution in [3.8, 4) is 22.0 Å². The number of hydrogen-bond donors (Lipinski definition) is 1. The fourth-order valence-electron chi connectivity index (χ4n) is 1.80. The van der Waals surface area contributed by atoms with Gasteiger partial charge in [-0.05, 0) is 44.0 Å². The molecule has 2 aromatic heterocycles. The fourth-order valence-corrected chi connectivity index (χ4v) is 3.52. The van der Waals surface area contributed by atoms with Crippen LogP contribution in [0.2, 0.25) is 0 Å². The molecule has 0 bridgehead atoms. The Morgan fingerprint density at radius 2 is 1.70 bits per heavy atom. The SMILES string of the molecule is Nc1nc(-c2ccc(Br)s2)nc(-c2ccccc2)c1Br. The molecule has 0 atom stereocenters. The van der Waals surface area contributed by atoms with E-state index in [9.17, 15) is 0 Å². The van der Waals surface area contributed by atoms with Crippen LogP contribution in [0.3, 0.4) is 0 Å². The molecule has 3 nitrogen and oxygen atoms in total. The lowest BCUT2D eigenvalue weighted by atomic mass is 10.1. The molecule has 0 spiro atoms. The smallest absolute Gasteiger partial charge is 0.172 e. The summed E-state index contributed by atoms with van der Waals surface area (Å²) < 4.78 is 1.77. The maximum absolute atomic E-state index is 6.00. The van der Waals surface area contributed by atoms with Gasteiger partial charge < -0.3 is 5.73 Å². The van der Waals surface area contributed by atoms with Crippen LogP contribution in [0.15, 0.2) is 50.7 Å². The Hall–Kier alpha value is -1.24. The highest BCUT2D eigenvalue weighted by atomic mass is 79.9. The van der Waals surface area contributed by atoms with Gasteiger partial charge in [0.05, 0.1) is 18.8 Å². The van der Waals surface area contributed by atoms with Gasteiger partial charge in [-0.1, -0.05) is 30.3 Å². The molecule has 3 rings (SSSR count). The second-order valence-electron chi connectivity index (χ2n) is 4.06. The summed E-state index contributed by atoms with van der Waals surface area (Å²) in [6.07, 6.45) is 0. The van der Waals surface area contributed by atoms with E-state index in [4.69, 9.17) is 5.73 Å². The van der Waals surface area contributed by atoms with Crippen molar-refractivity contribution >= 4 is 49.0 Å². The van der Waals surface area contributed by atoms with Crippen molar-refractivity contribution in [1.82, 2.24) is 9.97 Å². The normalized spacial score (nSPS) is 10.7. The van der Waals surface area contributed by atoms with Gasteiger partial charge in [0.25, 0.3) is 0 Å². The molecule has 0 aliphatic rings. The third kappa shape index (κ3) is 2.63. The van der Waals surface area contributed by atoms with Gasteiger partial charge >= 0.3 is 0 Å². The van der Waals surface area contributed by atoms with Gasteiger partial charge in [-0.2, -0.15) is 0 Å². The Morgan fingerprint density at radius 1 is 0.950 bits per heavy atom. The number of benzene rings is 1. The summed E-state index contributed by atoms with van der Waals surface area (Å²) in [5.41, 5.74) is 7.81. The number of thiophene rings is 1. The number of anilines is 1. The molecular formula is C14H9Br2N3S. The maximum Gasteiger partial charge on any atom is 0.172 e. The highest BCUT2D eigenvalue weighted by Gasteiger charge is 2.14. The van der Waals surface area contributed by atoms with E-state index < -0.39 is 0 Å². The predicted molar refractivity (Wildman–Crippen MR) is 90.6 cm³/mol. The fraction of sp³-hybridized carbons (Fsp3) is 0.